The molecule has 5 heteroatoms. The van der Waals surface area contributed by atoms with Gasteiger partial charge in [-0.1, -0.05) is 36.4 Å². The van der Waals surface area contributed by atoms with Crippen molar-refractivity contribution in [1.29, 1.82) is 0 Å². The van der Waals surface area contributed by atoms with E-state index in [0.717, 1.165) is 35.4 Å². The second kappa shape index (κ2) is 6.35. The largest absolute Gasteiger partial charge is 0.493 e. The number of H-pyrrole nitrogens is 1. The Bertz CT molecular complexity index is 838. The van der Waals surface area contributed by atoms with Gasteiger partial charge >= 0.3 is 0 Å². The Balaban J connectivity index is 1.28. The van der Waals surface area contributed by atoms with Gasteiger partial charge in [-0.05, 0) is 18.2 Å². The lowest BCUT2D eigenvalue weighted by molar-refractivity contribution is -0.137. The van der Waals surface area contributed by atoms with Crippen LogP contribution in [0.3, 0.4) is 0 Å². The Kier molecular flexibility index (Phi) is 3.91. The van der Waals surface area contributed by atoms with E-state index in [4.69, 9.17) is 4.74 Å². The average molecular weight is 321 g/mol. The first-order valence-corrected chi connectivity index (χ1v) is 8.17. The average Bonchev–Trinajstić information content (AvgIpc) is 2.97. The van der Waals surface area contributed by atoms with Gasteiger partial charge in [0.25, 0.3) is 0 Å². The smallest absolute Gasteiger partial charge is 0.228 e. The molecule has 1 fully saturated rings. The molecule has 24 heavy (non-hydrogen) atoms. The normalized spacial score (nSPS) is 14.6. The first kappa shape index (κ1) is 14.8. The lowest BCUT2D eigenvalue weighted by atomic mass is 10.00. The highest BCUT2D eigenvalue weighted by molar-refractivity contribution is 5.87. The third kappa shape index (κ3) is 2.97. The number of hydrogen-bond donors (Lipinski definition) is 1. The molecule has 1 aliphatic heterocycles. The zero-order valence-corrected chi connectivity index (χ0v) is 13.3. The van der Waals surface area contributed by atoms with Crippen LogP contribution in [0.2, 0.25) is 0 Å². The van der Waals surface area contributed by atoms with E-state index in [1.165, 1.54) is 0 Å². The van der Waals surface area contributed by atoms with Crippen LogP contribution in [0.15, 0.2) is 54.6 Å². The summed E-state index contributed by atoms with van der Waals surface area (Å²) in [7, 11) is 0. The van der Waals surface area contributed by atoms with Gasteiger partial charge in [0.1, 0.15) is 5.75 Å². The van der Waals surface area contributed by atoms with Crippen LogP contribution in [0.5, 0.6) is 5.75 Å². The molecule has 0 spiro atoms. The zero-order chi connectivity index (χ0) is 16.4. The number of nitrogens with zero attached hydrogens (tertiary/aromatic N) is 2. The number of likely N-dealkylation sites (tertiary alicyclic amines) is 1. The summed E-state index contributed by atoms with van der Waals surface area (Å²) in [4.78, 5) is 14.3. The number of aromatic amines is 1. The molecule has 122 valence electrons. The molecule has 1 aliphatic rings. The topological polar surface area (TPSA) is 58.2 Å². The van der Waals surface area contributed by atoms with Crippen LogP contribution < -0.4 is 4.74 Å². The van der Waals surface area contributed by atoms with Crippen molar-refractivity contribution in [3.05, 3.63) is 60.3 Å². The Labute approximate surface area is 140 Å². The van der Waals surface area contributed by atoms with Crippen molar-refractivity contribution in [2.24, 2.45) is 5.92 Å². The number of nitrogens with one attached hydrogen (secondary N) is 1. The molecule has 1 aromatic heterocycles. The summed E-state index contributed by atoms with van der Waals surface area (Å²) in [6.45, 7) is 2.18. The number of rotatable bonds is 5. The molecule has 0 bridgehead atoms. The van der Waals surface area contributed by atoms with E-state index >= 15 is 0 Å². The zero-order valence-electron chi connectivity index (χ0n) is 13.3. The second-order valence-corrected chi connectivity index (χ2v) is 6.18. The summed E-state index contributed by atoms with van der Waals surface area (Å²) in [5, 5.41) is 8.24. The number of carbonyl (C=O) groups is 1. The van der Waals surface area contributed by atoms with Crippen LogP contribution in [0.1, 0.15) is 5.69 Å². The highest BCUT2D eigenvalue weighted by Crippen LogP contribution is 2.21. The van der Waals surface area contributed by atoms with Crippen molar-refractivity contribution in [2.75, 3.05) is 19.7 Å². The Hall–Kier alpha value is -2.82. The van der Waals surface area contributed by atoms with E-state index in [2.05, 4.69) is 10.2 Å². The molecule has 3 aromatic rings. The maximum atomic E-state index is 12.4. The van der Waals surface area contributed by atoms with Gasteiger partial charge in [-0.15, -0.1) is 0 Å². The molecule has 2 heterocycles. The van der Waals surface area contributed by atoms with Gasteiger partial charge in [0.05, 0.1) is 24.2 Å². The molecule has 2 aromatic carbocycles. The van der Waals surface area contributed by atoms with E-state index < -0.39 is 0 Å². The molecule has 0 saturated carbocycles. The van der Waals surface area contributed by atoms with E-state index in [1.54, 1.807) is 0 Å². The maximum absolute atomic E-state index is 12.4. The molecule has 0 radical (unpaired) electrons. The Morgan fingerprint density at radius 1 is 1.12 bits per heavy atom. The predicted molar refractivity (Wildman–Crippen MR) is 91.8 cm³/mol. The number of amides is 1. The van der Waals surface area contributed by atoms with E-state index in [9.17, 15) is 4.79 Å². The molecule has 5 nitrogen and oxygen atoms in total. The monoisotopic (exact) mass is 321 g/mol. The Morgan fingerprint density at radius 2 is 1.88 bits per heavy atom. The summed E-state index contributed by atoms with van der Waals surface area (Å²) in [5.41, 5.74) is 1.79. The van der Waals surface area contributed by atoms with Gasteiger partial charge in [-0.25, -0.2) is 0 Å². The van der Waals surface area contributed by atoms with E-state index in [1.807, 2.05) is 59.5 Å². The summed E-state index contributed by atoms with van der Waals surface area (Å²) in [5.74, 6) is 1.43. The molecule has 0 unspecified atom stereocenters. The van der Waals surface area contributed by atoms with Crippen molar-refractivity contribution in [3.8, 4) is 5.75 Å². The van der Waals surface area contributed by atoms with Gasteiger partial charge in [0, 0.05) is 24.4 Å². The second-order valence-electron chi connectivity index (χ2n) is 6.18. The lowest BCUT2D eigenvalue weighted by Gasteiger charge is -2.39. The number of ether oxygens (including phenoxy) is 1. The quantitative estimate of drug-likeness (QED) is 0.786. The van der Waals surface area contributed by atoms with Crippen LogP contribution in [-0.4, -0.2) is 40.7 Å². The van der Waals surface area contributed by atoms with Crippen molar-refractivity contribution in [2.45, 2.75) is 6.42 Å². The first-order chi connectivity index (χ1) is 11.8. The summed E-state index contributed by atoms with van der Waals surface area (Å²) in [6, 6.07) is 17.6. The van der Waals surface area contributed by atoms with Crippen LogP contribution in [-0.2, 0) is 11.2 Å². The van der Waals surface area contributed by atoms with Gasteiger partial charge < -0.3 is 9.64 Å². The highest BCUT2D eigenvalue weighted by Gasteiger charge is 2.31. The number of fused-ring (bicyclic) bond motifs is 1. The highest BCUT2D eigenvalue weighted by atomic mass is 16.5. The molecule has 0 atom stereocenters. The van der Waals surface area contributed by atoms with Crippen molar-refractivity contribution in [3.63, 3.8) is 0 Å². The predicted octanol–water partition coefficient (Wildman–Crippen LogP) is 2.64. The number of para-hydroxylation sites is 2. The van der Waals surface area contributed by atoms with Crippen molar-refractivity contribution >= 4 is 16.8 Å². The summed E-state index contributed by atoms with van der Waals surface area (Å²) >= 11 is 0. The minimum absolute atomic E-state index is 0.139. The van der Waals surface area contributed by atoms with Gasteiger partial charge in [-0.2, -0.15) is 5.10 Å². The third-order valence-corrected chi connectivity index (χ3v) is 4.41. The summed E-state index contributed by atoms with van der Waals surface area (Å²) in [6.07, 6.45) is 0.368. The number of benzene rings is 2. The number of aromatic nitrogens is 2. The fraction of sp³-hybridized carbons (Fsp3) is 0.263. The minimum atomic E-state index is 0.139. The van der Waals surface area contributed by atoms with Gasteiger partial charge in [0.15, 0.2) is 0 Å². The van der Waals surface area contributed by atoms with Crippen LogP contribution in [0.4, 0.5) is 0 Å². The first-order valence-electron chi connectivity index (χ1n) is 8.17. The number of carbonyl (C=O) groups excluding carboxylic acids is 1. The fourth-order valence-electron chi connectivity index (χ4n) is 3.02. The standard InChI is InChI=1S/C19H19N3O2/c23-19(10-18-16-8-4-5-9-17(16)20-21-18)22-11-14(12-22)13-24-15-6-2-1-3-7-15/h1-9,14H,10-13H2,(H,20,21). The molecule has 4 rings (SSSR count). The molecule has 1 saturated heterocycles. The van der Waals surface area contributed by atoms with Crippen molar-refractivity contribution < 1.29 is 9.53 Å². The lowest BCUT2D eigenvalue weighted by Crippen LogP contribution is -2.52. The van der Waals surface area contributed by atoms with E-state index in [-0.39, 0.29) is 5.91 Å². The van der Waals surface area contributed by atoms with Crippen LogP contribution >= 0.6 is 0 Å². The molecule has 1 N–H and O–H groups in total. The molecular formula is C19H19N3O2. The number of hydrogen-bond acceptors (Lipinski definition) is 3. The SMILES string of the molecule is O=C(Cc1[nH]nc2ccccc12)N1CC(COc2ccccc2)C1. The van der Waals surface area contributed by atoms with Gasteiger partial charge in [-0.3, -0.25) is 9.89 Å². The summed E-state index contributed by atoms with van der Waals surface area (Å²) < 4.78 is 5.75. The molecule has 1 amide bonds. The third-order valence-electron chi connectivity index (χ3n) is 4.41. The van der Waals surface area contributed by atoms with Crippen LogP contribution in [0.25, 0.3) is 10.9 Å². The van der Waals surface area contributed by atoms with Crippen LogP contribution in [0, 0.1) is 5.92 Å². The van der Waals surface area contributed by atoms with Gasteiger partial charge in [0.2, 0.25) is 5.91 Å². The molecule has 0 aliphatic carbocycles. The van der Waals surface area contributed by atoms with Crippen molar-refractivity contribution in [1.82, 2.24) is 15.1 Å². The molecular weight excluding hydrogens is 302 g/mol. The fourth-order valence-corrected chi connectivity index (χ4v) is 3.02. The van der Waals surface area contributed by atoms with E-state index in [0.29, 0.717) is 18.9 Å². The maximum Gasteiger partial charge on any atom is 0.228 e. The minimum Gasteiger partial charge on any atom is -0.493 e. The Morgan fingerprint density at radius 3 is 2.71 bits per heavy atom.